The quantitative estimate of drug-likeness (QED) is 0.805. The predicted octanol–water partition coefficient (Wildman–Crippen LogP) is 5.40. The number of nitrogens with zero attached hydrogens (tertiary/aromatic N) is 1. The van der Waals surface area contributed by atoms with Crippen molar-refractivity contribution in [3.05, 3.63) is 56.8 Å². The molecule has 0 amide bonds. The van der Waals surface area contributed by atoms with Crippen molar-refractivity contribution in [3.63, 3.8) is 0 Å². The summed E-state index contributed by atoms with van der Waals surface area (Å²) in [6.45, 7) is 0. The molecule has 0 saturated heterocycles. The summed E-state index contributed by atoms with van der Waals surface area (Å²) in [6.07, 6.45) is 0. The standard InChI is InChI=1S/C13H6Cl3FN2/c14-8-1-2-12(7(3-8)6-18)19-13-10(15)4-9(17)5-11(13)16/h1-5,19H. The van der Waals surface area contributed by atoms with E-state index in [-0.39, 0.29) is 10.0 Å². The van der Waals surface area contributed by atoms with E-state index in [0.29, 0.717) is 22.0 Å². The molecule has 0 spiro atoms. The first-order valence-electron chi connectivity index (χ1n) is 5.12. The van der Waals surface area contributed by atoms with Crippen LogP contribution in [0.15, 0.2) is 30.3 Å². The summed E-state index contributed by atoms with van der Waals surface area (Å²) in [5.41, 5.74) is 1.16. The lowest BCUT2D eigenvalue weighted by molar-refractivity contribution is 0.628. The van der Waals surface area contributed by atoms with Gasteiger partial charge in [-0.15, -0.1) is 0 Å². The predicted molar refractivity (Wildman–Crippen MR) is 75.9 cm³/mol. The summed E-state index contributed by atoms with van der Waals surface area (Å²) < 4.78 is 13.1. The van der Waals surface area contributed by atoms with Crippen molar-refractivity contribution in [1.29, 1.82) is 5.26 Å². The van der Waals surface area contributed by atoms with Gasteiger partial charge in [0.1, 0.15) is 11.9 Å². The van der Waals surface area contributed by atoms with Crippen molar-refractivity contribution >= 4 is 46.2 Å². The first-order valence-corrected chi connectivity index (χ1v) is 6.26. The molecule has 0 heterocycles. The highest BCUT2D eigenvalue weighted by molar-refractivity contribution is 6.39. The van der Waals surface area contributed by atoms with Crippen molar-refractivity contribution in [2.75, 3.05) is 5.32 Å². The third kappa shape index (κ3) is 3.10. The molecule has 0 unspecified atom stereocenters. The SMILES string of the molecule is N#Cc1cc(Cl)ccc1Nc1c(Cl)cc(F)cc1Cl. The molecular weight excluding hydrogens is 310 g/mol. The van der Waals surface area contributed by atoms with Crippen molar-refractivity contribution in [2.45, 2.75) is 0 Å². The lowest BCUT2D eigenvalue weighted by Gasteiger charge is -2.12. The molecule has 6 heteroatoms. The van der Waals surface area contributed by atoms with Gasteiger partial charge in [0, 0.05) is 5.02 Å². The minimum absolute atomic E-state index is 0.129. The van der Waals surface area contributed by atoms with E-state index in [9.17, 15) is 4.39 Å². The van der Waals surface area contributed by atoms with Crippen LogP contribution < -0.4 is 5.32 Å². The Kier molecular flexibility index (Phi) is 4.16. The average molecular weight is 316 g/mol. The fraction of sp³-hybridized carbons (Fsp3) is 0. The molecule has 0 fully saturated rings. The minimum atomic E-state index is -0.530. The highest BCUT2D eigenvalue weighted by Crippen LogP contribution is 2.35. The van der Waals surface area contributed by atoms with Crippen LogP contribution in [0.2, 0.25) is 15.1 Å². The molecule has 0 aliphatic carbocycles. The zero-order valence-corrected chi connectivity index (χ0v) is 11.6. The molecule has 2 aromatic carbocycles. The molecule has 1 N–H and O–H groups in total. The molecule has 0 radical (unpaired) electrons. The van der Waals surface area contributed by atoms with Gasteiger partial charge in [0.2, 0.25) is 0 Å². The van der Waals surface area contributed by atoms with Crippen molar-refractivity contribution in [2.24, 2.45) is 0 Å². The number of rotatable bonds is 2. The number of halogens is 4. The first-order chi connectivity index (χ1) is 9.01. The maximum Gasteiger partial charge on any atom is 0.126 e. The Bertz CT molecular complexity index is 657. The van der Waals surface area contributed by atoms with Crippen LogP contribution in [0.5, 0.6) is 0 Å². The molecule has 0 bridgehead atoms. The summed E-state index contributed by atoms with van der Waals surface area (Å²) in [5.74, 6) is -0.530. The normalized spacial score (nSPS) is 10.1. The molecule has 2 nitrogen and oxygen atoms in total. The number of hydrogen-bond donors (Lipinski definition) is 1. The molecule has 2 aromatic rings. The Hall–Kier alpha value is -1.47. The van der Waals surface area contributed by atoms with Gasteiger partial charge >= 0.3 is 0 Å². The third-order valence-corrected chi connectivity index (χ3v) is 3.20. The van der Waals surface area contributed by atoms with E-state index in [1.165, 1.54) is 6.07 Å². The number of nitrogens with one attached hydrogen (secondary N) is 1. The van der Waals surface area contributed by atoms with Gasteiger partial charge < -0.3 is 5.32 Å². The summed E-state index contributed by atoms with van der Waals surface area (Å²) in [5, 5.41) is 12.6. The molecule has 0 aliphatic heterocycles. The zero-order chi connectivity index (χ0) is 14.0. The topological polar surface area (TPSA) is 35.8 Å². The van der Waals surface area contributed by atoms with Crippen LogP contribution in [-0.4, -0.2) is 0 Å². The Labute approximate surface area is 124 Å². The lowest BCUT2D eigenvalue weighted by atomic mass is 10.2. The van der Waals surface area contributed by atoms with Gasteiger partial charge in [-0.2, -0.15) is 5.26 Å². The molecule has 0 saturated carbocycles. The Morgan fingerprint density at radius 2 is 1.68 bits per heavy atom. The second-order valence-corrected chi connectivity index (χ2v) is 4.92. The number of benzene rings is 2. The average Bonchev–Trinajstić information content (AvgIpc) is 2.35. The van der Waals surface area contributed by atoms with Crippen molar-refractivity contribution < 1.29 is 4.39 Å². The van der Waals surface area contributed by atoms with Gasteiger partial charge in [-0.3, -0.25) is 0 Å². The van der Waals surface area contributed by atoms with Gasteiger partial charge in [-0.25, -0.2) is 4.39 Å². The molecule has 0 aromatic heterocycles. The summed E-state index contributed by atoms with van der Waals surface area (Å²) in [4.78, 5) is 0. The van der Waals surface area contributed by atoms with E-state index in [1.807, 2.05) is 6.07 Å². The van der Waals surface area contributed by atoms with Crippen LogP contribution in [0, 0.1) is 17.1 Å². The third-order valence-electron chi connectivity index (χ3n) is 2.37. The minimum Gasteiger partial charge on any atom is -0.352 e. The maximum atomic E-state index is 13.1. The van der Waals surface area contributed by atoms with Gasteiger partial charge in [0.15, 0.2) is 0 Å². The van der Waals surface area contributed by atoms with E-state index < -0.39 is 5.82 Å². The highest BCUT2D eigenvalue weighted by Gasteiger charge is 2.11. The second-order valence-electron chi connectivity index (χ2n) is 3.67. The van der Waals surface area contributed by atoms with Crippen molar-refractivity contribution in [3.8, 4) is 6.07 Å². The van der Waals surface area contributed by atoms with Crippen LogP contribution in [0.1, 0.15) is 5.56 Å². The largest absolute Gasteiger partial charge is 0.352 e. The Balaban J connectivity index is 2.45. The molecule has 0 aliphatic rings. The van der Waals surface area contributed by atoms with Crippen LogP contribution >= 0.6 is 34.8 Å². The Morgan fingerprint density at radius 1 is 1.05 bits per heavy atom. The van der Waals surface area contributed by atoms with Crippen LogP contribution in [0.4, 0.5) is 15.8 Å². The number of anilines is 2. The fourth-order valence-electron chi connectivity index (χ4n) is 1.51. The van der Waals surface area contributed by atoms with E-state index >= 15 is 0 Å². The summed E-state index contributed by atoms with van der Waals surface area (Å²) in [7, 11) is 0. The molecule has 19 heavy (non-hydrogen) atoms. The second kappa shape index (κ2) is 5.66. The van der Waals surface area contributed by atoms with Crippen LogP contribution in [0.3, 0.4) is 0 Å². The van der Waals surface area contributed by atoms with Crippen LogP contribution in [0.25, 0.3) is 0 Å². The molecule has 2 rings (SSSR count). The summed E-state index contributed by atoms with van der Waals surface area (Å²) in [6, 6.07) is 9.03. The van der Waals surface area contributed by atoms with Crippen LogP contribution in [-0.2, 0) is 0 Å². The van der Waals surface area contributed by atoms with E-state index in [1.54, 1.807) is 12.1 Å². The van der Waals surface area contributed by atoms with Crippen molar-refractivity contribution in [1.82, 2.24) is 0 Å². The summed E-state index contributed by atoms with van der Waals surface area (Å²) >= 11 is 17.6. The fourth-order valence-corrected chi connectivity index (χ4v) is 2.24. The maximum absolute atomic E-state index is 13.1. The smallest absolute Gasteiger partial charge is 0.126 e. The van der Waals surface area contributed by atoms with E-state index in [0.717, 1.165) is 12.1 Å². The molecule has 96 valence electrons. The van der Waals surface area contributed by atoms with E-state index in [4.69, 9.17) is 40.1 Å². The molecule has 0 atom stereocenters. The monoisotopic (exact) mass is 314 g/mol. The number of hydrogen-bond acceptors (Lipinski definition) is 2. The zero-order valence-electron chi connectivity index (χ0n) is 9.35. The first kappa shape index (κ1) is 14.0. The highest BCUT2D eigenvalue weighted by atomic mass is 35.5. The lowest BCUT2D eigenvalue weighted by Crippen LogP contribution is -1.96. The van der Waals surface area contributed by atoms with Gasteiger partial charge in [0.25, 0.3) is 0 Å². The Morgan fingerprint density at radius 3 is 2.26 bits per heavy atom. The van der Waals surface area contributed by atoms with Gasteiger partial charge in [-0.05, 0) is 30.3 Å². The van der Waals surface area contributed by atoms with Gasteiger partial charge in [-0.1, -0.05) is 34.8 Å². The van der Waals surface area contributed by atoms with Gasteiger partial charge in [0.05, 0.1) is 27.0 Å². The van der Waals surface area contributed by atoms with E-state index in [2.05, 4.69) is 5.32 Å². The molecular formula is C13H6Cl3FN2. The number of nitriles is 1.